The van der Waals surface area contributed by atoms with Gasteiger partial charge in [-0.2, -0.15) is 4.31 Å². The van der Waals surface area contributed by atoms with Gasteiger partial charge in [-0.1, -0.05) is 24.3 Å². The molecule has 1 aromatic carbocycles. The molecular formula is C14H22N2O3S. The quantitative estimate of drug-likeness (QED) is 0.894. The Hall–Kier alpha value is -0.950. The second-order valence-corrected chi connectivity index (χ2v) is 7.26. The van der Waals surface area contributed by atoms with Crippen molar-refractivity contribution in [1.82, 2.24) is 9.21 Å². The minimum Gasteiger partial charge on any atom is -0.392 e. The molecule has 5 nitrogen and oxygen atoms in total. The highest BCUT2D eigenvalue weighted by Crippen LogP contribution is 2.22. The Bertz CT molecular complexity index is 534. The van der Waals surface area contributed by atoms with Gasteiger partial charge >= 0.3 is 0 Å². The molecule has 1 fully saturated rings. The van der Waals surface area contributed by atoms with Gasteiger partial charge in [0.2, 0.25) is 10.0 Å². The van der Waals surface area contributed by atoms with E-state index in [-0.39, 0.29) is 12.6 Å². The van der Waals surface area contributed by atoms with E-state index in [1.807, 2.05) is 24.3 Å². The van der Waals surface area contributed by atoms with Crippen molar-refractivity contribution in [3.05, 3.63) is 35.4 Å². The van der Waals surface area contributed by atoms with Crippen LogP contribution in [0.5, 0.6) is 0 Å². The van der Waals surface area contributed by atoms with Gasteiger partial charge in [-0.3, -0.25) is 4.90 Å². The Morgan fingerprint density at radius 3 is 2.15 bits per heavy atom. The fourth-order valence-corrected chi connectivity index (χ4v) is 3.36. The summed E-state index contributed by atoms with van der Waals surface area (Å²) in [5, 5.41) is 9.05. The monoisotopic (exact) mass is 298 g/mol. The molecule has 112 valence electrons. The molecule has 0 amide bonds. The number of sulfonamides is 1. The maximum Gasteiger partial charge on any atom is 0.211 e. The maximum absolute atomic E-state index is 11.5. The number of hydrogen-bond donors (Lipinski definition) is 1. The lowest BCUT2D eigenvalue weighted by Crippen LogP contribution is -2.48. The highest BCUT2D eigenvalue weighted by atomic mass is 32.2. The molecule has 0 aromatic heterocycles. The van der Waals surface area contributed by atoms with Crippen LogP contribution in [0.3, 0.4) is 0 Å². The molecule has 2 rings (SSSR count). The van der Waals surface area contributed by atoms with E-state index in [0.29, 0.717) is 13.1 Å². The van der Waals surface area contributed by atoms with Crippen molar-refractivity contribution in [2.45, 2.75) is 19.6 Å². The summed E-state index contributed by atoms with van der Waals surface area (Å²) in [6.07, 6.45) is 1.26. The second kappa shape index (κ2) is 6.22. The summed E-state index contributed by atoms with van der Waals surface area (Å²) < 4.78 is 24.5. The highest BCUT2D eigenvalue weighted by molar-refractivity contribution is 7.88. The SMILES string of the molecule is C[C@H](c1ccc(CO)cc1)N1CCN(S(C)(=O)=O)CC1. The van der Waals surface area contributed by atoms with Gasteiger partial charge in [-0.15, -0.1) is 0 Å². The summed E-state index contributed by atoms with van der Waals surface area (Å²) >= 11 is 0. The standard InChI is InChI=1S/C14H22N2O3S/c1-12(14-5-3-13(11-17)4-6-14)15-7-9-16(10-8-15)20(2,18)19/h3-6,12,17H,7-11H2,1-2H3/t12-/m1/s1. The van der Waals surface area contributed by atoms with Crippen LogP contribution in [0.25, 0.3) is 0 Å². The molecular weight excluding hydrogens is 276 g/mol. The average molecular weight is 298 g/mol. The third-order valence-electron chi connectivity index (χ3n) is 3.93. The molecule has 0 aliphatic carbocycles. The molecule has 1 aliphatic rings. The third kappa shape index (κ3) is 3.58. The molecule has 0 unspecified atom stereocenters. The maximum atomic E-state index is 11.5. The number of aliphatic hydroxyl groups excluding tert-OH is 1. The van der Waals surface area contributed by atoms with E-state index in [1.165, 1.54) is 16.1 Å². The number of hydrogen-bond acceptors (Lipinski definition) is 4. The fourth-order valence-electron chi connectivity index (χ4n) is 2.53. The number of nitrogens with zero attached hydrogens (tertiary/aromatic N) is 2. The zero-order valence-corrected chi connectivity index (χ0v) is 12.8. The van der Waals surface area contributed by atoms with Crippen LogP contribution in [0.4, 0.5) is 0 Å². The van der Waals surface area contributed by atoms with Gasteiger partial charge in [-0.05, 0) is 18.1 Å². The summed E-state index contributed by atoms with van der Waals surface area (Å²) in [4.78, 5) is 2.29. The van der Waals surface area contributed by atoms with Crippen LogP contribution < -0.4 is 0 Å². The van der Waals surface area contributed by atoms with Crippen molar-refractivity contribution in [2.24, 2.45) is 0 Å². The Morgan fingerprint density at radius 2 is 1.70 bits per heavy atom. The molecule has 20 heavy (non-hydrogen) atoms. The van der Waals surface area contributed by atoms with Crippen molar-refractivity contribution < 1.29 is 13.5 Å². The average Bonchev–Trinajstić information content (AvgIpc) is 2.46. The summed E-state index contributed by atoms with van der Waals surface area (Å²) in [5.41, 5.74) is 2.10. The summed E-state index contributed by atoms with van der Waals surface area (Å²) in [6.45, 7) is 4.79. The van der Waals surface area contributed by atoms with E-state index >= 15 is 0 Å². The van der Waals surface area contributed by atoms with Crippen LogP contribution in [0, 0.1) is 0 Å². The number of piperazine rings is 1. The molecule has 1 aliphatic heterocycles. The van der Waals surface area contributed by atoms with Crippen LogP contribution in [-0.2, 0) is 16.6 Å². The zero-order chi connectivity index (χ0) is 14.8. The van der Waals surface area contributed by atoms with Gasteiger partial charge in [0.25, 0.3) is 0 Å². The minimum absolute atomic E-state index is 0.0572. The van der Waals surface area contributed by atoms with Gasteiger partial charge in [0.15, 0.2) is 0 Å². The molecule has 0 bridgehead atoms. The zero-order valence-electron chi connectivity index (χ0n) is 12.0. The van der Waals surface area contributed by atoms with Crippen LogP contribution in [0.2, 0.25) is 0 Å². The molecule has 0 radical (unpaired) electrons. The summed E-state index contributed by atoms with van der Waals surface area (Å²) in [6, 6.07) is 8.17. The van der Waals surface area contributed by atoms with E-state index in [9.17, 15) is 8.42 Å². The third-order valence-corrected chi connectivity index (χ3v) is 5.24. The van der Waals surface area contributed by atoms with E-state index in [1.54, 1.807) is 0 Å². The van der Waals surface area contributed by atoms with Gasteiger partial charge in [0, 0.05) is 32.2 Å². The predicted octanol–water partition coefficient (Wildman–Crippen LogP) is 0.817. The Morgan fingerprint density at radius 1 is 1.15 bits per heavy atom. The van der Waals surface area contributed by atoms with E-state index < -0.39 is 10.0 Å². The first-order valence-electron chi connectivity index (χ1n) is 6.80. The summed E-state index contributed by atoms with van der Waals surface area (Å²) in [5.74, 6) is 0. The fraction of sp³-hybridized carbons (Fsp3) is 0.571. The number of aliphatic hydroxyl groups is 1. The smallest absolute Gasteiger partial charge is 0.211 e. The first-order chi connectivity index (χ1) is 9.41. The minimum atomic E-state index is -3.07. The van der Waals surface area contributed by atoms with Gasteiger partial charge in [0.1, 0.15) is 0 Å². The Labute approximate surface area is 120 Å². The van der Waals surface area contributed by atoms with Crippen molar-refractivity contribution in [3.63, 3.8) is 0 Å². The predicted molar refractivity (Wildman–Crippen MR) is 78.8 cm³/mol. The van der Waals surface area contributed by atoms with E-state index in [4.69, 9.17) is 5.11 Å². The molecule has 1 aromatic rings. The van der Waals surface area contributed by atoms with Crippen molar-refractivity contribution >= 4 is 10.0 Å². The van der Waals surface area contributed by atoms with Crippen molar-refractivity contribution in [3.8, 4) is 0 Å². The van der Waals surface area contributed by atoms with Gasteiger partial charge in [0.05, 0.1) is 12.9 Å². The molecule has 1 saturated heterocycles. The lowest BCUT2D eigenvalue weighted by molar-refractivity contribution is 0.146. The molecule has 1 atom stereocenters. The summed E-state index contributed by atoms with van der Waals surface area (Å²) in [7, 11) is -3.07. The number of benzene rings is 1. The first-order valence-corrected chi connectivity index (χ1v) is 8.65. The number of rotatable bonds is 4. The van der Waals surface area contributed by atoms with E-state index in [0.717, 1.165) is 18.7 Å². The Kier molecular flexibility index (Phi) is 4.80. The highest BCUT2D eigenvalue weighted by Gasteiger charge is 2.26. The van der Waals surface area contributed by atoms with Crippen LogP contribution in [0.15, 0.2) is 24.3 Å². The molecule has 1 heterocycles. The second-order valence-electron chi connectivity index (χ2n) is 5.27. The molecule has 6 heteroatoms. The lowest BCUT2D eigenvalue weighted by Gasteiger charge is -2.37. The molecule has 1 N–H and O–H groups in total. The van der Waals surface area contributed by atoms with Gasteiger partial charge in [-0.25, -0.2) is 8.42 Å². The molecule has 0 spiro atoms. The van der Waals surface area contributed by atoms with Crippen molar-refractivity contribution in [2.75, 3.05) is 32.4 Å². The first kappa shape index (κ1) is 15.4. The van der Waals surface area contributed by atoms with Crippen molar-refractivity contribution in [1.29, 1.82) is 0 Å². The lowest BCUT2D eigenvalue weighted by atomic mass is 10.0. The van der Waals surface area contributed by atoms with Crippen LogP contribution in [-0.4, -0.2) is 55.2 Å². The Balaban J connectivity index is 1.99. The van der Waals surface area contributed by atoms with Gasteiger partial charge < -0.3 is 5.11 Å². The largest absolute Gasteiger partial charge is 0.392 e. The molecule has 0 saturated carbocycles. The van der Waals surface area contributed by atoms with Crippen LogP contribution >= 0.6 is 0 Å². The normalized spacial score (nSPS) is 19.9. The topological polar surface area (TPSA) is 60.9 Å². The van der Waals surface area contributed by atoms with Crippen LogP contribution in [0.1, 0.15) is 24.1 Å². The van der Waals surface area contributed by atoms with E-state index in [2.05, 4.69) is 11.8 Å².